The highest BCUT2D eigenvalue weighted by atomic mass is 32.1. The van der Waals surface area contributed by atoms with E-state index in [4.69, 9.17) is 4.74 Å². The van der Waals surface area contributed by atoms with Crippen molar-refractivity contribution in [2.45, 2.75) is 51.6 Å². The number of carbonyl (C=O) groups is 1. The maximum Gasteiger partial charge on any atom is 0.320 e. The minimum absolute atomic E-state index is 0.259. The number of thiazole rings is 1. The third kappa shape index (κ3) is 5.42. The van der Waals surface area contributed by atoms with Gasteiger partial charge >= 0.3 is 5.97 Å². The van der Waals surface area contributed by atoms with Crippen molar-refractivity contribution in [2.24, 2.45) is 0 Å². The average molecular weight is 408 g/mol. The van der Waals surface area contributed by atoms with Gasteiger partial charge in [0.1, 0.15) is 6.04 Å². The van der Waals surface area contributed by atoms with Crippen LogP contribution in [0.1, 0.15) is 44.7 Å². The SMILES string of the molecule is CCCCCOc1ccc(Nc2nc(CN3CCC[C@@H]3C(=O)O)cs2)cc1F. The van der Waals surface area contributed by atoms with Crippen LogP contribution in [-0.2, 0) is 11.3 Å². The first-order chi connectivity index (χ1) is 13.6. The fourth-order valence-electron chi connectivity index (χ4n) is 3.29. The average Bonchev–Trinajstić information content (AvgIpc) is 3.30. The number of aliphatic carboxylic acids is 1. The lowest BCUT2D eigenvalue weighted by molar-refractivity contribution is -0.142. The maximum atomic E-state index is 14.2. The van der Waals surface area contributed by atoms with E-state index in [9.17, 15) is 14.3 Å². The molecule has 0 bridgehead atoms. The molecule has 0 saturated carbocycles. The number of carboxylic acids is 1. The summed E-state index contributed by atoms with van der Waals surface area (Å²) in [6.45, 7) is 3.90. The zero-order valence-electron chi connectivity index (χ0n) is 16.0. The molecule has 2 aromatic rings. The lowest BCUT2D eigenvalue weighted by Crippen LogP contribution is -2.35. The number of aromatic nitrogens is 1. The number of carboxylic acid groups (broad SMARTS) is 1. The van der Waals surface area contributed by atoms with Crippen LogP contribution in [0, 0.1) is 5.82 Å². The van der Waals surface area contributed by atoms with Gasteiger partial charge in [-0.3, -0.25) is 9.69 Å². The second kappa shape index (κ2) is 9.84. The molecule has 0 spiro atoms. The topological polar surface area (TPSA) is 74.7 Å². The molecule has 1 aromatic carbocycles. The highest BCUT2D eigenvalue weighted by Gasteiger charge is 2.30. The lowest BCUT2D eigenvalue weighted by Gasteiger charge is -2.19. The van der Waals surface area contributed by atoms with Crippen molar-refractivity contribution in [3.63, 3.8) is 0 Å². The van der Waals surface area contributed by atoms with Gasteiger partial charge in [0, 0.05) is 23.7 Å². The summed E-state index contributed by atoms with van der Waals surface area (Å²) in [7, 11) is 0. The molecular weight excluding hydrogens is 381 g/mol. The van der Waals surface area contributed by atoms with Crippen LogP contribution in [0.4, 0.5) is 15.2 Å². The number of hydrogen-bond donors (Lipinski definition) is 2. The molecule has 0 radical (unpaired) electrons. The molecule has 1 aliphatic rings. The molecular formula is C20H26FN3O3S. The number of halogens is 1. The quantitative estimate of drug-likeness (QED) is 0.559. The Morgan fingerprint density at radius 2 is 2.32 bits per heavy atom. The van der Waals surface area contributed by atoms with Gasteiger partial charge in [0.2, 0.25) is 0 Å². The van der Waals surface area contributed by atoms with Crippen LogP contribution in [0.15, 0.2) is 23.6 Å². The summed E-state index contributed by atoms with van der Waals surface area (Å²) >= 11 is 1.42. The highest BCUT2D eigenvalue weighted by molar-refractivity contribution is 7.13. The fourth-order valence-corrected chi connectivity index (χ4v) is 4.02. The Labute approximate surface area is 168 Å². The van der Waals surface area contributed by atoms with E-state index in [-0.39, 0.29) is 5.75 Å². The minimum Gasteiger partial charge on any atom is -0.491 e. The second-order valence-corrected chi connectivity index (χ2v) is 7.79. The molecule has 0 amide bonds. The van der Waals surface area contributed by atoms with Gasteiger partial charge in [0.05, 0.1) is 12.3 Å². The van der Waals surface area contributed by atoms with Crippen LogP contribution >= 0.6 is 11.3 Å². The molecule has 3 rings (SSSR count). The Balaban J connectivity index is 1.56. The summed E-state index contributed by atoms with van der Waals surface area (Å²) < 4.78 is 19.7. The lowest BCUT2D eigenvalue weighted by atomic mass is 10.2. The number of nitrogens with zero attached hydrogens (tertiary/aromatic N) is 2. The zero-order chi connectivity index (χ0) is 19.9. The van der Waals surface area contributed by atoms with E-state index in [1.807, 2.05) is 10.3 Å². The van der Waals surface area contributed by atoms with Gasteiger partial charge in [-0.2, -0.15) is 0 Å². The molecule has 152 valence electrons. The Morgan fingerprint density at radius 1 is 1.46 bits per heavy atom. The monoisotopic (exact) mass is 407 g/mol. The summed E-state index contributed by atoms with van der Waals surface area (Å²) in [6, 6.07) is 4.36. The van der Waals surface area contributed by atoms with E-state index in [1.165, 1.54) is 17.4 Å². The number of anilines is 2. The van der Waals surface area contributed by atoms with E-state index >= 15 is 0 Å². The van der Waals surface area contributed by atoms with Crippen LogP contribution < -0.4 is 10.1 Å². The van der Waals surface area contributed by atoms with E-state index < -0.39 is 17.8 Å². The van der Waals surface area contributed by atoms with Crippen molar-refractivity contribution < 1.29 is 19.0 Å². The van der Waals surface area contributed by atoms with Gasteiger partial charge in [-0.05, 0) is 37.9 Å². The van der Waals surface area contributed by atoms with Gasteiger partial charge in [0.15, 0.2) is 16.7 Å². The number of benzene rings is 1. The summed E-state index contributed by atoms with van der Waals surface area (Å²) in [5, 5.41) is 14.9. The van der Waals surface area contributed by atoms with Gasteiger partial charge < -0.3 is 15.2 Å². The van der Waals surface area contributed by atoms with Gasteiger partial charge in [0.25, 0.3) is 0 Å². The Kier molecular flexibility index (Phi) is 7.22. The Morgan fingerprint density at radius 3 is 3.07 bits per heavy atom. The van der Waals surface area contributed by atoms with Crippen LogP contribution in [0.3, 0.4) is 0 Å². The van der Waals surface area contributed by atoms with Crippen molar-refractivity contribution in [3.05, 3.63) is 35.1 Å². The van der Waals surface area contributed by atoms with Gasteiger partial charge in [-0.25, -0.2) is 9.37 Å². The van der Waals surface area contributed by atoms with Crippen molar-refractivity contribution in [2.75, 3.05) is 18.5 Å². The first-order valence-corrected chi connectivity index (χ1v) is 10.6. The first kappa shape index (κ1) is 20.5. The largest absolute Gasteiger partial charge is 0.491 e. The van der Waals surface area contributed by atoms with Crippen molar-refractivity contribution in [1.29, 1.82) is 0 Å². The molecule has 6 nitrogen and oxygen atoms in total. The van der Waals surface area contributed by atoms with E-state index in [0.717, 1.165) is 37.9 Å². The molecule has 1 aromatic heterocycles. The zero-order valence-corrected chi connectivity index (χ0v) is 16.8. The van der Waals surface area contributed by atoms with E-state index in [0.29, 0.717) is 30.4 Å². The van der Waals surface area contributed by atoms with Gasteiger partial charge in [-0.15, -0.1) is 11.3 Å². The molecule has 2 heterocycles. The smallest absolute Gasteiger partial charge is 0.320 e. The molecule has 0 unspecified atom stereocenters. The van der Waals surface area contributed by atoms with Crippen molar-refractivity contribution >= 4 is 28.1 Å². The molecule has 0 aliphatic carbocycles. The molecule has 1 saturated heterocycles. The summed E-state index contributed by atoms with van der Waals surface area (Å²) in [5.41, 5.74) is 1.42. The van der Waals surface area contributed by atoms with Crippen molar-refractivity contribution in [1.82, 2.24) is 9.88 Å². The van der Waals surface area contributed by atoms with Crippen LogP contribution in [-0.4, -0.2) is 40.2 Å². The predicted octanol–water partition coefficient (Wildman–Crippen LogP) is 4.64. The van der Waals surface area contributed by atoms with Crippen LogP contribution in [0.5, 0.6) is 5.75 Å². The van der Waals surface area contributed by atoms with Crippen LogP contribution in [0.2, 0.25) is 0 Å². The maximum absolute atomic E-state index is 14.2. The van der Waals surface area contributed by atoms with E-state index in [2.05, 4.69) is 17.2 Å². The molecule has 28 heavy (non-hydrogen) atoms. The Hall–Kier alpha value is -2.19. The minimum atomic E-state index is -0.779. The Bertz CT molecular complexity index is 799. The number of ether oxygens (including phenoxy) is 1. The first-order valence-electron chi connectivity index (χ1n) is 9.67. The standard InChI is InChI=1S/C20H26FN3O3S/c1-2-3-4-10-27-18-8-7-14(11-16(18)21)22-20-23-15(13-28-20)12-24-9-5-6-17(24)19(25)26/h7-8,11,13,17H,2-6,9-10,12H2,1H3,(H,22,23)(H,25,26)/t17-/m1/s1. The second-order valence-electron chi connectivity index (χ2n) is 6.94. The molecule has 1 aliphatic heterocycles. The van der Waals surface area contributed by atoms with Crippen LogP contribution in [0.25, 0.3) is 0 Å². The molecule has 1 atom stereocenters. The highest BCUT2D eigenvalue weighted by Crippen LogP contribution is 2.27. The van der Waals surface area contributed by atoms with Crippen molar-refractivity contribution in [3.8, 4) is 5.75 Å². The van der Waals surface area contributed by atoms with Gasteiger partial charge in [-0.1, -0.05) is 19.8 Å². The number of rotatable bonds is 10. The summed E-state index contributed by atoms with van der Waals surface area (Å²) in [6.07, 6.45) is 4.64. The normalized spacial score (nSPS) is 17.0. The van der Waals surface area contributed by atoms with E-state index in [1.54, 1.807) is 12.1 Å². The number of likely N-dealkylation sites (tertiary alicyclic amines) is 1. The third-order valence-corrected chi connectivity index (χ3v) is 5.56. The summed E-state index contributed by atoms with van der Waals surface area (Å²) in [4.78, 5) is 17.7. The predicted molar refractivity (Wildman–Crippen MR) is 108 cm³/mol. The number of unbranched alkanes of at least 4 members (excludes halogenated alkanes) is 2. The number of hydrogen-bond acceptors (Lipinski definition) is 6. The number of nitrogens with one attached hydrogen (secondary N) is 1. The third-order valence-electron chi connectivity index (χ3n) is 4.75. The molecule has 2 N–H and O–H groups in total. The fraction of sp³-hybridized carbons (Fsp3) is 0.500. The molecule has 8 heteroatoms. The molecule has 1 fully saturated rings. The summed E-state index contributed by atoms with van der Waals surface area (Å²) in [5.74, 6) is -0.923.